The summed E-state index contributed by atoms with van der Waals surface area (Å²) in [5.74, 6) is 0.612. The van der Waals surface area contributed by atoms with Gasteiger partial charge in [-0.15, -0.1) is 0 Å². The van der Waals surface area contributed by atoms with Gasteiger partial charge in [-0.2, -0.15) is 0 Å². The summed E-state index contributed by atoms with van der Waals surface area (Å²) < 4.78 is 5.39. The molecule has 0 amide bonds. The van der Waals surface area contributed by atoms with Crippen molar-refractivity contribution in [3.8, 4) is 11.3 Å². The maximum atomic E-state index is 12.2. The first kappa shape index (κ1) is 19.4. The summed E-state index contributed by atoms with van der Waals surface area (Å²) in [4.78, 5) is 24.2. The Bertz CT molecular complexity index is 1010. The van der Waals surface area contributed by atoms with Crippen molar-refractivity contribution >= 4 is 22.8 Å². The molecule has 29 heavy (non-hydrogen) atoms. The molecule has 0 radical (unpaired) electrons. The van der Waals surface area contributed by atoms with Crippen LogP contribution in [0.1, 0.15) is 32.3 Å². The number of ether oxygens (including phenoxy) is 1. The Balaban J connectivity index is 1.64. The molecular formula is C24H27N3O2. The summed E-state index contributed by atoms with van der Waals surface area (Å²) in [6.45, 7) is 7.38. The highest BCUT2D eigenvalue weighted by Gasteiger charge is 2.28. The number of fused-ring (bicyclic) bond motifs is 1. The number of aromatic nitrogens is 2. The van der Waals surface area contributed by atoms with Crippen LogP contribution in [0.4, 0.5) is 5.95 Å². The number of carbonyl (C=O) groups is 1. The second-order valence-electron chi connectivity index (χ2n) is 8.01. The van der Waals surface area contributed by atoms with Gasteiger partial charge >= 0.3 is 5.97 Å². The molecule has 2 heterocycles. The van der Waals surface area contributed by atoms with Crippen molar-refractivity contribution in [2.75, 3.05) is 18.0 Å². The van der Waals surface area contributed by atoms with Gasteiger partial charge in [0.15, 0.2) is 0 Å². The average molecular weight is 389 g/mol. The van der Waals surface area contributed by atoms with Gasteiger partial charge in [-0.05, 0) is 45.7 Å². The van der Waals surface area contributed by atoms with E-state index in [0.717, 1.165) is 54.0 Å². The minimum Gasteiger partial charge on any atom is -0.463 e. The molecule has 3 aromatic rings. The number of carbonyl (C=O) groups excluding carboxylic acids is 1. The summed E-state index contributed by atoms with van der Waals surface area (Å²) in [6.07, 6.45) is 1.46. The van der Waals surface area contributed by atoms with Crippen LogP contribution in [0.15, 0.2) is 48.5 Å². The van der Waals surface area contributed by atoms with E-state index in [2.05, 4.69) is 42.2 Å². The molecule has 5 nitrogen and oxygen atoms in total. The van der Waals surface area contributed by atoms with Crippen LogP contribution in [0.5, 0.6) is 0 Å². The van der Waals surface area contributed by atoms with E-state index in [1.807, 2.05) is 32.0 Å². The zero-order chi connectivity index (χ0) is 20.4. The molecule has 2 aromatic carbocycles. The molecule has 1 fully saturated rings. The van der Waals surface area contributed by atoms with Crippen LogP contribution in [0, 0.1) is 12.8 Å². The Morgan fingerprint density at radius 2 is 1.79 bits per heavy atom. The van der Waals surface area contributed by atoms with E-state index in [4.69, 9.17) is 14.7 Å². The minimum absolute atomic E-state index is 0.0367. The molecule has 0 spiro atoms. The van der Waals surface area contributed by atoms with Crippen molar-refractivity contribution in [3.63, 3.8) is 0 Å². The molecule has 0 aliphatic carbocycles. The van der Waals surface area contributed by atoms with E-state index in [1.54, 1.807) is 0 Å². The molecule has 1 aliphatic heterocycles. The topological polar surface area (TPSA) is 55.3 Å². The Kier molecular flexibility index (Phi) is 5.47. The SMILES string of the molecule is Cc1ccc2nc(N3CCC(C(=O)OC(C)C)CC3)nc(-c3ccccc3)c2c1. The number of rotatable bonds is 4. The molecule has 1 aromatic heterocycles. The third kappa shape index (κ3) is 4.24. The zero-order valence-corrected chi connectivity index (χ0v) is 17.3. The molecule has 150 valence electrons. The van der Waals surface area contributed by atoms with Crippen molar-refractivity contribution in [1.29, 1.82) is 0 Å². The predicted molar refractivity (Wildman–Crippen MR) is 116 cm³/mol. The van der Waals surface area contributed by atoms with E-state index >= 15 is 0 Å². The van der Waals surface area contributed by atoms with Crippen molar-refractivity contribution < 1.29 is 9.53 Å². The Labute approximate surface area is 171 Å². The minimum atomic E-state index is -0.0838. The largest absolute Gasteiger partial charge is 0.463 e. The Morgan fingerprint density at radius 3 is 2.48 bits per heavy atom. The first-order chi connectivity index (χ1) is 14.0. The van der Waals surface area contributed by atoms with Gasteiger partial charge in [0, 0.05) is 24.0 Å². The third-order valence-corrected chi connectivity index (χ3v) is 5.35. The maximum Gasteiger partial charge on any atom is 0.309 e. The van der Waals surface area contributed by atoms with Crippen molar-refractivity contribution in [2.24, 2.45) is 5.92 Å². The predicted octanol–water partition coefficient (Wildman–Crippen LogP) is 4.77. The van der Waals surface area contributed by atoms with Crippen molar-refractivity contribution in [2.45, 2.75) is 39.7 Å². The molecule has 0 unspecified atom stereocenters. The number of anilines is 1. The monoisotopic (exact) mass is 389 g/mol. The molecule has 4 rings (SSSR count). The summed E-state index contributed by atoms with van der Waals surface area (Å²) in [5.41, 5.74) is 4.18. The van der Waals surface area contributed by atoms with Crippen LogP contribution in [0.3, 0.4) is 0 Å². The summed E-state index contributed by atoms with van der Waals surface area (Å²) in [7, 11) is 0. The Morgan fingerprint density at radius 1 is 1.07 bits per heavy atom. The molecule has 1 aliphatic rings. The summed E-state index contributed by atoms with van der Waals surface area (Å²) >= 11 is 0. The van der Waals surface area contributed by atoms with E-state index in [0.29, 0.717) is 0 Å². The molecule has 0 saturated carbocycles. The lowest BCUT2D eigenvalue weighted by Gasteiger charge is -2.31. The number of aryl methyl sites for hydroxylation is 1. The quantitative estimate of drug-likeness (QED) is 0.602. The molecule has 0 N–H and O–H groups in total. The fraction of sp³-hybridized carbons (Fsp3) is 0.375. The van der Waals surface area contributed by atoms with Crippen molar-refractivity contribution in [3.05, 3.63) is 54.1 Å². The lowest BCUT2D eigenvalue weighted by molar-refractivity contribution is -0.153. The molecule has 0 atom stereocenters. The van der Waals surface area contributed by atoms with E-state index in [1.165, 1.54) is 5.56 Å². The van der Waals surface area contributed by atoms with Crippen LogP contribution < -0.4 is 4.90 Å². The molecule has 0 bridgehead atoms. The number of hydrogen-bond acceptors (Lipinski definition) is 5. The number of nitrogens with zero attached hydrogens (tertiary/aromatic N) is 3. The van der Waals surface area contributed by atoms with Crippen LogP contribution in [0.25, 0.3) is 22.2 Å². The second kappa shape index (κ2) is 8.19. The van der Waals surface area contributed by atoms with Gasteiger partial charge in [-0.3, -0.25) is 4.79 Å². The fourth-order valence-electron chi connectivity index (χ4n) is 3.83. The Hall–Kier alpha value is -2.95. The lowest BCUT2D eigenvalue weighted by atomic mass is 9.97. The van der Waals surface area contributed by atoms with Gasteiger partial charge in [-0.25, -0.2) is 9.97 Å². The van der Waals surface area contributed by atoms with Crippen LogP contribution in [-0.2, 0) is 9.53 Å². The third-order valence-electron chi connectivity index (χ3n) is 5.35. The summed E-state index contributed by atoms with van der Waals surface area (Å²) in [5, 5.41) is 1.07. The van der Waals surface area contributed by atoms with E-state index in [9.17, 15) is 4.79 Å². The smallest absolute Gasteiger partial charge is 0.309 e. The van der Waals surface area contributed by atoms with Gasteiger partial charge in [0.25, 0.3) is 0 Å². The normalized spacial score (nSPS) is 15.1. The zero-order valence-electron chi connectivity index (χ0n) is 17.3. The molecule has 5 heteroatoms. The maximum absolute atomic E-state index is 12.2. The van der Waals surface area contributed by atoms with Crippen LogP contribution in [0.2, 0.25) is 0 Å². The van der Waals surface area contributed by atoms with Gasteiger partial charge in [0.2, 0.25) is 5.95 Å². The highest BCUT2D eigenvalue weighted by atomic mass is 16.5. The average Bonchev–Trinajstić information content (AvgIpc) is 2.73. The molecule has 1 saturated heterocycles. The van der Waals surface area contributed by atoms with Gasteiger partial charge in [0.05, 0.1) is 23.2 Å². The van der Waals surface area contributed by atoms with Gasteiger partial charge in [0.1, 0.15) is 0 Å². The first-order valence-electron chi connectivity index (χ1n) is 10.3. The van der Waals surface area contributed by atoms with E-state index in [-0.39, 0.29) is 18.0 Å². The van der Waals surface area contributed by atoms with Crippen LogP contribution >= 0.6 is 0 Å². The number of esters is 1. The van der Waals surface area contributed by atoms with E-state index < -0.39 is 0 Å². The summed E-state index contributed by atoms with van der Waals surface area (Å²) in [6, 6.07) is 16.5. The van der Waals surface area contributed by atoms with Crippen molar-refractivity contribution in [1.82, 2.24) is 9.97 Å². The van der Waals surface area contributed by atoms with Crippen LogP contribution in [-0.4, -0.2) is 35.1 Å². The molecular weight excluding hydrogens is 362 g/mol. The van der Waals surface area contributed by atoms with Gasteiger partial charge in [-0.1, -0.05) is 42.0 Å². The standard InChI is InChI=1S/C24H27N3O2/c1-16(2)29-23(28)19-11-13-27(14-12-19)24-25-21-10-9-17(3)15-20(21)22(26-24)18-7-5-4-6-8-18/h4-10,15-16,19H,11-14H2,1-3H3. The van der Waals surface area contributed by atoms with Gasteiger partial charge < -0.3 is 9.64 Å². The number of hydrogen-bond donors (Lipinski definition) is 0. The first-order valence-corrected chi connectivity index (χ1v) is 10.3. The second-order valence-corrected chi connectivity index (χ2v) is 8.01. The highest BCUT2D eigenvalue weighted by molar-refractivity contribution is 5.93. The number of benzene rings is 2. The fourth-order valence-corrected chi connectivity index (χ4v) is 3.83. The lowest BCUT2D eigenvalue weighted by Crippen LogP contribution is -2.38. The number of piperidine rings is 1. The highest BCUT2D eigenvalue weighted by Crippen LogP contribution is 2.30.